The molecular formula is C18H24N2O5. The number of nitrogens with zero attached hydrogens (tertiary/aromatic N) is 1. The second-order valence-corrected chi connectivity index (χ2v) is 6.89. The maximum Gasteiger partial charge on any atom is 0.411 e. The molecule has 1 heterocycles. The summed E-state index contributed by atoms with van der Waals surface area (Å²) in [6.45, 7) is 5.36. The molecule has 25 heavy (non-hydrogen) atoms. The Labute approximate surface area is 147 Å². The van der Waals surface area contributed by atoms with Crippen LogP contribution in [-0.2, 0) is 32.0 Å². The Hall–Kier alpha value is -2.57. The molecule has 1 atom stereocenters. The predicted octanol–water partition coefficient (Wildman–Crippen LogP) is 1.64. The van der Waals surface area contributed by atoms with E-state index in [1.807, 2.05) is 24.3 Å². The summed E-state index contributed by atoms with van der Waals surface area (Å²) in [5, 5.41) is 2.52. The molecule has 0 bridgehead atoms. The Bertz CT molecular complexity index is 666. The minimum Gasteiger partial charge on any atom is -0.468 e. The van der Waals surface area contributed by atoms with Crippen molar-refractivity contribution in [2.75, 3.05) is 13.7 Å². The predicted molar refractivity (Wildman–Crippen MR) is 90.7 cm³/mol. The van der Waals surface area contributed by atoms with Gasteiger partial charge in [0.2, 0.25) is 5.91 Å². The number of rotatable bonds is 3. The smallest absolute Gasteiger partial charge is 0.411 e. The zero-order valence-corrected chi connectivity index (χ0v) is 15.0. The molecule has 1 aromatic rings. The highest BCUT2D eigenvalue weighted by Gasteiger charge is 2.36. The molecule has 1 aliphatic rings. The standard InChI is InChI=1S/C18H24N2O5/c1-18(2,3)25-17(23)20-11-13-8-6-5-7-12(13)9-14(20)16(22)19-10-15(21)24-4/h5-8,14H,9-11H2,1-4H3,(H,19,22). The molecule has 0 spiro atoms. The third-order valence-corrected chi connectivity index (χ3v) is 3.81. The van der Waals surface area contributed by atoms with E-state index in [1.54, 1.807) is 20.8 Å². The van der Waals surface area contributed by atoms with Gasteiger partial charge in [-0.15, -0.1) is 0 Å². The lowest BCUT2D eigenvalue weighted by molar-refractivity contribution is -0.141. The number of esters is 1. The molecular weight excluding hydrogens is 324 g/mol. The summed E-state index contributed by atoms with van der Waals surface area (Å²) < 4.78 is 9.96. The summed E-state index contributed by atoms with van der Waals surface area (Å²) in [5.74, 6) is -0.959. The molecule has 0 radical (unpaired) electrons. The van der Waals surface area contributed by atoms with Crippen molar-refractivity contribution >= 4 is 18.0 Å². The molecule has 0 aromatic heterocycles. The molecule has 2 amide bonds. The van der Waals surface area contributed by atoms with Gasteiger partial charge in [-0.25, -0.2) is 4.79 Å². The molecule has 0 saturated carbocycles. The number of hydrogen-bond donors (Lipinski definition) is 1. The highest BCUT2D eigenvalue weighted by molar-refractivity contribution is 5.89. The number of nitrogens with one attached hydrogen (secondary N) is 1. The van der Waals surface area contributed by atoms with Gasteiger partial charge in [0.05, 0.1) is 13.7 Å². The zero-order chi connectivity index (χ0) is 18.6. The molecule has 2 rings (SSSR count). The maximum absolute atomic E-state index is 12.6. The first-order valence-electron chi connectivity index (χ1n) is 8.12. The van der Waals surface area contributed by atoms with Crippen LogP contribution in [-0.4, -0.2) is 48.2 Å². The lowest BCUT2D eigenvalue weighted by Gasteiger charge is -2.36. The monoisotopic (exact) mass is 348 g/mol. The van der Waals surface area contributed by atoms with E-state index in [4.69, 9.17) is 4.74 Å². The van der Waals surface area contributed by atoms with Crippen LogP contribution in [0.15, 0.2) is 24.3 Å². The van der Waals surface area contributed by atoms with Gasteiger partial charge in [-0.05, 0) is 31.9 Å². The maximum atomic E-state index is 12.6. The van der Waals surface area contributed by atoms with E-state index in [0.717, 1.165) is 11.1 Å². The van der Waals surface area contributed by atoms with Crippen molar-refractivity contribution in [3.8, 4) is 0 Å². The van der Waals surface area contributed by atoms with Crippen molar-refractivity contribution in [3.63, 3.8) is 0 Å². The number of methoxy groups -OCH3 is 1. The number of carbonyl (C=O) groups excluding carboxylic acids is 3. The third kappa shape index (κ3) is 4.95. The van der Waals surface area contributed by atoms with Gasteiger partial charge in [0, 0.05) is 6.42 Å². The van der Waals surface area contributed by atoms with Crippen molar-refractivity contribution in [2.45, 2.75) is 45.4 Å². The van der Waals surface area contributed by atoms with E-state index in [0.29, 0.717) is 6.42 Å². The Kier molecular flexibility index (Phi) is 5.66. The molecule has 7 nitrogen and oxygen atoms in total. The van der Waals surface area contributed by atoms with Crippen LogP contribution in [0.2, 0.25) is 0 Å². The Morgan fingerprint density at radius 2 is 1.84 bits per heavy atom. The zero-order valence-electron chi connectivity index (χ0n) is 15.0. The van der Waals surface area contributed by atoms with Crippen molar-refractivity contribution in [3.05, 3.63) is 35.4 Å². The average molecular weight is 348 g/mol. The van der Waals surface area contributed by atoms with E-state index in [-0.39, 0.29) is 13.1 Å². The van der Waals surface area contributed by atoms with E-state index in [1.165, 1.54) is 12.0 Å². The Morgan fingerprint density at radius 3 is 2.44 bits per heavy atom. The molecule has 1 N–H and O–H groups in total. The van der Waals surface area contributed by atoms with Crippen molar-refractivity contribution in [2.24, 2.45) is 0 Å². The summed E-state index contributed by atoms with van der Waals surface area (Å²) in [7, 11) is 1.25. The summed E-state index contributed by atoms with van der Waals surface area (Å²) in [4.78, 5) is 37.8. The summed E-state index contributed by atoms with van der Waals surface area (Å²) in [6, 6.07) is 6.90. The largest absolute Gasteiger partial charge is 0.468 e. The fourth-order valence-electron chi connectivity index (χ4n) is 2.62. The van der Waals surface area contributed by atoms with Crippen LogP contribution in [0.25, 0.3) is 0 Å². The van der Waals surface area contributed by atoms with Crippen LogP contribution in [0.1, 0.15) is 31.9 Å². The first-order chi connectivity index (χ1) is 11.7. The van der Waals surface area contributed by atoms with Gasteiger partial charge in [0.25, 0.3) is 0 Å². The number of fused-ring (bicyclic) bond motifs is 1. The third-order valence-electron chi connectivity index (χ3n) is 3.81. The van der Waals surface area contributed by atoms with Gasteiger partial charge < -0.3 is 14.8 Å². The minimum absolute atomic E-state index is 0.240. The average Bonchev–Trinajstić information content (AvgIpc) is 2.56. The SMILES string of the molecule is COC(=O)CNC(=O)C1Cc2ccccc2CN1C(=O)OC(C)(C)C. The van der Waals surface area contributed by atoms with Crippen LogP contribution in [0.3, 0.4) is 0 Å². The van der Waals surface area contributed by atoms with Crippen LogP contribution >= 0.6 is 0 Å². The molecule has 0 fully saturated rings. The lowest BCUT2D eigenvalue weighted by atomic mass is 9.94. The van der Waals surface area contributed by atoms with Crippen molar-refractivity contribution in [1.82, 2.24) is 10.2 Å². The van der Waals surface area contributed by atoms with Crippen molar-refractivity contribution < 1.29 is 23.9 Å². The fraction of sp³-hybridized carbons (Fsp3) is 0.500. The van der Waals surface area contributed by atoms with Gasteiger partial charge in [-0.3, -0.25) is 14.5 Å². The minimum atomic E-state index is -0.741. The molecule has 0 aliphatic carbocycles. The van der Waals surface area contributed by atoms with Crippen LogP contribution in [0.5, 0.6) is 0 Å². The summed E-state index contributed by atoms with van der Waals surface area (Å²) in [6.07, 6.45) is -0.192. The molecule has 136 valence electrons. The van der Waals surface area contributed by atoms with Gasteiger partial charge in [-0.2, -0.15) is 0 Å². The number of benzene rings is 1. The molecule has 1 aromatic carbocycles. The molecule has 0 saturated heterocycles. The van der Waals surface area contributed by atoms with Crippen LogP contribution in [0.4, 0.5) is 4.79 Å². The number of amides is 2. The van der Waals surface area contributed by atoms with Crippen molar-refractivity contribution in [1.29, 1.82) is 0 Å². The molecule has 1 unspecified atom stereocenters. The van der Waals surface area contributed by atoms with E-state index in [2.05, 4.69) is 10.1 Å². The van der Waals surface area contributed by atoms with Crippen LogP contribution in [0, 0.1) is 0 Å². The lowest BCUT2D eigenvalue weighted by Crippen LogP contribution is -2.54. The van der Waals surface area contributed by atoms with E-state index in [9.17, 15) is 14.4 Å². The van der Waals surface area contributed by atoms with Gasteiger partial charge >= 0.3 is 12.1 Å². The topological polar surface area (TPSA) is 84.9 Å². The van der Waals surface area contributed by atoms with E-state index >= 15 is 0 Å². The Morgan fingerprint density at radius 1 is 1.20 bits per heavy atom. The van der Waals surface area contributed by atoms with E-state index < -0.39 is 29.6 Å². The number of hydrogen-bond acceptors (Lipinski definition) is 5. The van der Waals surface area contributed by atoms with Gasteiger partial charge in [-0.1, -0.05) is 24.3 Å². The molecule has 7 heteroatoms. The highest BCUT2D eigenvalue weighted by atomic mass is 16.6. The second kappa shape index (κ2) is 7.55. The van der Waals surface area contributed by atoms with Gasteiger partial charge in [0.1, 0.15) is 18.2 Å². The first-order valence-corrected chi connectivity index (χ1v) is 8.12. The highest BCUT2D eigenvalue weighted by Crippen LogP contribution is 2.25. The van der Waals surface area contributed by atoms with Crippen LogP contribution < -0.4 is 5.32 Å². The normalized spacial score (nSPS) is 16.6. The summed E-state index contributed by atoms with van der Waals surface area (Å²) >= 11 is 0. The first kappa shape index (κ1) is 18.8. The molecule has 1 aliphatic heterocycles. The number of ether oxygens (including phenoxy) is 2. The second-order valence-electron chi connectivity index (χ2n) is 6.89. The fourth-order valence-corrected chi connectivity index (χ4v) is 2.62. The van der Waals surface area contributed by atoms with Gasteiger partial charge in [0.15, 0.2) is 0 Å². The Balaban J connectivity index is 2.21. The summed E-state index contributed by atoms with van der Waals surface area (Å²) in [5.41, 5.74) is 1.31. The number of carbonyl (C=O) groups is 3. The quantitative estimate of drug-likeness (QED) is 0.840.